The van der Waals surface area contributed by atoms with Crippen LogP contribution in [0.2, 0.25) is 0 Å². The Hall–Kier alpha value is -10.7. The minimum atomic E-state index is -4.51. The molecule has 6 aliphatic heterocycles. The van der Waals surface area contributed by atoms with Crippen LogP contribution in [0.3, 0.4) is 0 Å². The van der Waals surface area contributed by atoms with Gasteiger partial charge < -0.3 is 103 Å². The molecule has 12 rings (SSSR count). The predicted molar refractivity (Wildman–Crippen MR) is 544 cm³/mol. The SMILES string of the molecule is CC[C@@]1(O)C[C@@H]2CN(CCc3c([nH]c4ccccc34)[C@](C(=O)OC)(c3cc4c(cc3OC)N(C)[C@@H]3[C@](O)(C(=O)NNC(=O)OCCSSC[C@H](NC(=O)[C@H](C)NC(=O)[C@@H](N)CCC(=O)C(CCCCN)NC(=O)[C@H](CC(=O)O)CC(=O)C(CCCN=C(N)N)CC(=O)CCOCCOCCCC(=O)CN5CCC[C@H](OCc6cc(C)cc(C(F)(F)F)c6)[C@@H]5c5ccccc5)C(=O)O)[C@@H](O)[C@@]5(CC)C=CCN6CC[C@@]43[C@H]65)C2)C1. The lowest BCUT2D eigenvalue weighted by molar-refractivity contribution is -0.204. The van der Waals surface area contributed by atoms with Crippen LogP contribution >= 0.6 is 21.6 Å². The van der Waals surface area contributed by atoms with Crippen LogP contribution in [0.15, 0.2) is 102 Å². The largest absolute Gasteiger partial charge is 0.496 e. The Labute approximate surface area is 861 Å². The second kappa shape index (κ2) is 51.7. The summed E-state index contributed by atoms with van der Waals surface area (Å²) in [5.41, 5.74) is 25.2. The number of carbonyl (C=O) groups is 12. The lowest BCUT2D eigenvalue weighted by Crippen LogP contribution is -2.82. The number of likely N-dealkylation sites (N-methyl/N-ethyl adjacent to an activating group) is 1. The van der Waals surface area contributed by atoms with Gasteiger partial charge in [0.15, 0.2) is 17.3 Å². The van der Waals surface area contributed by atoms with Gasteiger partial charge in [0.25, 0.3) is 5.91 Å². The first-order valence-corrected chi connectivity index (χ1v) is 53.2. The number of aromatic nitrogens is 1. The number of aliphatic hydroxyl groups is 3. The minimum absolute atomic E-state index is 0.0127. The molecule has 19 N–H and O–H groups in total. The van der Waals surface area contributed by atoms with Gasteiger partial charge in [-0.05, 0) is 182 Å². The molecule has 4 fully saturated rings. The number of carboxylic acid groups (broad SMARTS) is 2. The van der Waals surface area contributed by atoms with Crippen molar-refractivity contribution in [1.82, 2.24) is 46.5 Å². The van der Waals surface area contributed by atoms with E-state index in [9.17, 15) is 86.6 Å². The normalized spacial score (nSPS) is 24.8. The predicted octanol–water partition coefficient (Wildman–Crippen LogP) is 6.95. The number of aliphatic hydroxyl groups excluding tert-OH is 1. The molecule has 2 bridgehead atoms. The Bertz CT molecular complexity index is 5550. The molecule has 5 amide bonds. The number of nitrogens with two attached hydrogens (primary N) is 4. The van der Waals surface area contributed by atoms with Crippen molar-refractivity contribution in [1.29, 1.82) is 0 Å². The number of benzene rings is 4. The maximum atomic E-state index is 15.7. The zero-order valence-electron chi connectivity index (χ0n) is 84.6. The molecule has 1 aliphatic carbocycles. The zero-order chi connectivity index (χ0) is 106. The van der Waals surface area contributed by atoms with Crippen LogP contribution in [-0.4, -0.2) is 306 Å². The highest BCUT2D eigenvalue weighted by atomic mass is 33.1. The lowest BCUT2D eigenvalue weighted by Gasteiger charge is -2.63. The molecule has 7 aliphatic rings. The number of aliphatic imine (C=N–C) groups is 1. The first kappa shape index (κ1) is 115. The highest BCUT2D eigenvalue weighted by Crippen LogP contribution is 2.68. The molecule has 1 saturated carbocycles. The number of guanidine groups is 1. The van der Waals surface area contributed by atoms with Crippen LogP contribution in [0, 0.1) is 30.1 Å². The summed E-state index contributed by atoms with van der Waals surface area (Å²) < 4.78 is 76.7. The number of rotatable bonds is 54. The Morgan fingerprint density at radius 1 is 0.735 bits per heavy atom. The number of ether oxygens (including phenoxy) is 6. The number of nitrogens with zero attached hydrogens (tertiary/aromatic N) is 5. The number of aliphatic carboxylic acids is 2. The molecule has 1 spiro atoms. The molecule has 1 aromatic heterocycles. The zero-order valence-corrected chi connectivity index (χ0v) is 86.2. The highest BCUT2D eigenvalue weighted by Gasteiger charge is 2.79. The summed E-state index contributed by atoms with van der Waals surface area (Å²) in [7, 11) is 6.68. The second-order valence-corrected chi connectivity index (χ2v) is 42.7. The number of Topliss-reactive ketones (excluding diaryl/α,β-unsaturated/α-hetero) is 4. The van der Waals surface area contributed by atoms with Crippen LogP contribution in [0.1, 0.15) is 200 Å². The summed E-state index contributed by atoms with van der Waals surface area (Å²) in [5, 5.41) is 67.6. The minimum Gasteiger partial charge on any atom is -0.496 e. The highest BCUT2D eigenvalue weighted by molar-refractivity contribution is 8.76. The molecule has 38 nitrogen and oxygen atoms in total. The number of piperidine rings is 2. The molecule has 3 unspecified atom stereocenters. The van der Waals surface area contributed by atoms with E-state index in [1.807, 2.05) is 92.7 Å². The number of anilines is 1. The van der Waals surface area contributed by atoms with E-state index in [4.69, 9.17) is 51.4 Å². The summed E-state index contributed by atoms with van der Waals surface area (Å²) in [4.78, 5) is 182. The maximum Gasteiger partial charge on any atom is 0.426 e. The van der Waals surface area contributed by atoms with Gasteiger partial charge in [-0.25, -0.2) is 15.0 Å². The van der Waals surface area contributed by atoms with Gasteiger partial charge in [-0.2, -0.15) is 13.2 Å². The average molecular weight is 2090 g/mol. The number of methoxy groups -OCH3 is 2. The van der Waals surface area contributed by atoms with Crippen molar-refractivity contribution in [2.75, 3.05) is 130 Å². The van der Waals surface area contributed by atoms with Crippen molar-refractivity contribution >= 4 is 115 Å². The van der Waals surface area contributed by atoms with Gasteiger partial charge in [-0.3, -0.25) is 73.1 Å². The molecule has 3 saturated heterocycles. The third-order valence-electron chi connectivity index (χ3n) is 30.2. The molecule has 7 heterocycles. The number of hydrogen-bond acceptors (Lipinski definition) is 30. The van der Waals surface area contributed by atoms with E-state index in [2.05, 4.69) is 51.5 Å². The lowest BCUT2D eigenvalue weighted by atomic mass is 9.47. The topological polar surface area (TPSA) is 567 Å². The van der Waals surface area contributed by atoms with E-state index in [0.717, 1.165) is 55.8 Å². The van der Waals surface area contributed by atoms with Crippen molar-refractivity contribution in [3.63, 3.8) is 0 Å². The first-order valence-electron chi connectivity index (χ1n) is 50.7. The summed E-state index contributed by atoms with van der Waals surface area (Å²) in [6, 6.07) is 17.4. The summed E-state index contributed by atoms with van der Waals surface area (Å²) in [5.74, 6) is -11.9. The van der Waals surface area contributed by atoms with E-state index in [1.165, 1.54) is 21.1 Å². The Morgan fingerprint density at radius 2 is 1.48 bits per heavy atom. The van der Waals surface area contributed by atoms with Gasteiger partial charge in [0, 0.05) is 147 Å². The van der Waals surface area contributed by atoms with Gasteiger partial charge in [0.1, 0.15) is 53.3 Å². The van der Waals surface area contributed by atoms with Crippen LogP contribution in [-0.2, 0) is 106 Å². The van der Waals surface area contributed by atoms with Crippen molar-refractivity contribution in [3.05, 3.63) is 142 Å². The molecule has 0 radical (unpaired) electrons. The molecule has 147 heavy (non-hydrogen) atoms. The fraction of sp³-hybridized carbons (Fsp3) is 0.606. The van der Waals surface area contributed by atoms with Crippen molar-refractivity contribution < 1.29 is 125 Å². The number of hydrazine groups is 1. The number of aryl methyl sites for hydroxylation is 1. The number of hydrogen-bond donors (Lipinski definition) is 15. The van der Waals surface area contributed by atoms with E-state index >= 15 is 9.59 Å². The number of aromatic amines is 1. The van der Waals surface area contributed by atoms with E-state index in [1.54, 1.807) is 24.9 Å². The number of carboxylic acids is 2. The molecule has 18 atom stereocenters. The van der Waals surface area contributed by atoms with E-state index < -0.39 is 178 Å². The van der Waals surface area contributed by atoms with Crippen LogP contribution in [0.4, 0.5) is 23.7 Å². The summed E-state index contributed by atoms with van der Waals surface area (Å²) >= 11 is 0. The van der Waals surface area contributed by atoms with Crippen molar-refractivity contribution in [3.8, 4) is 5.75 Å². The third-order valence-corrected chi connectivity index (χ3v) is 32.6. The number of carbonyl (C=O) groups excluding carboxylic acids is 10. The smallest absolute Gasteiger partial charge is 0.426 e. The maximum absolute atomic E-state index is 15.7. The molecule has 5 aromatic rings. The van der Waals surface area contributed by atoms with Gasteiger partial charge in [-0.1, -0.05) is 108 Å². The number of esters is 1. The quantitative estimate of drug-likeness (QED) is 0.00356. The Kier molecular flexibility index (Phi) is 40.4. The number of fused-ring (bicyclic) bond motifs is 6. The standard InChI is InChI=1S/C104H144F3N15O23S2/c1-8-99(138)55-65-56-102(96(136)141-7,87-73(31-39-120(57-65)61-99)72-25-13-14-26-77(72)114-87)75-53-74-80(54-84(75)140-6)119(5)93-101(74)34-40-121-38-20-33-100(9-2,92(101)121)94(134)103(93,139)95(135)117-118-98(137)144-45-46-146-147-60-79(91(132)133)116-88(129)63(4)113-90(131)76(109)29-30-81(125)78(27-15-16-35-108)115-89(130)68(52-85(127)128)51-82(126)67(23-17-36-112-97(110)111)50-70(123)32-42-143-44-43-142-41-19-24-71(124)58-122-37-18-28-83(86(122)66-21-11-10-12-22-66)145-59-64-47-62(3)48-69(49-64)104(105,106)107/h10-14,20-22,25-26,33,47-49,53-54,63,65,67-68,76,78-79,83,86,92-94,114,134,138-139H,8-9,15-19,23-24,27-32,34-46,50-52,55-61,108-109H2,1-7H3,(H,113,131)(H,115,130)(H,116,129)(H,117,135)(H,118,137)(H,127,128)(H,132,133)(H4,110,111,112)/t63-,65-,67?,68-,76-,78?,79-,83-,86-,92+,93-,94-,99+,100-,101-,102+,103+/m0/s1. The van der Waals surface area contributed by atoms with E-state index in [-0.39, 0.29) is 158 Å². The molecular formula is C104H144F3N15O23S2. The first-order chi connectivity index (χ1) is 70.1. The fourth-order valence-corrected chi connectivity index (χ4v) is 25.3. The average Bonchev–Trinajstić information content (AvgIpc) is 1.48. The van der Waals surface area contributed by atoms with Crippen molar-refractivity contribution in [2.45, 2.75) is 252 Å². The molecule has 4 aromatic carbocycles. The second-order valence-electron chi connectivity index (χ2n) is 40.0. The van der Waals surface area contributed by atoms with Crippen LogP contribution in [0.25, 0.3) is 10.9 Å². The number of nitrogens with one attached hydrogen (secondary N) is 6. The number of likely N-dealkylation sites (tertiary alicyclic amines) is 1. The number of alkyl halides is 3. The van der Waals surface area contributed by atoms with Gasteiger partial charge in [-0.15, -0.1) is 0 Å². The number of H-pyrrole nitrogens is 1. The van der Waals surface area contributed by atoms with Crippen molar-refractivity contribution in [2.24, 2.45) is 51.1 Å². The van der Waals surface area contributed by atoms with Crippen LogP contribution < -0.4 is 59.4 Å². The number of ketones is 4. The molecule has 43 heteroatoms. The fourth-order valence-electron chi connectivity index (χ4n) is 23.3. The Morgan fingerprint density at radius 3 is 2.18 bits per heavy atom. The monoisotopic (exact) mass is 2090 g/mol. The molecular weight excluding hydrogens is 1950 g/mol. The Balaban J connectivity index is 0.583. The van der Waals surface area contributed by atoms with Crippen LogP contribution in [0.5, 0.6) is 5.75 Å². The number of amides is 5. The molecule has 806 valence electrons. The van der Waals surface area contributed by atoms with Gasteiger partial charge >= 0.3 is 30.2 Å². The van der Waals surface area contributed by atoms with Gasteiger partial charge in [0.05, 0.1) is 101 Å². The summed E-state index contributed by atoms with van der Waals surface area (Å²) in [6.07, 6.45) is -1.43. The number of unbranched alkanes of at least 4 members (excludes halogenated alkanes) is 1. The number of halogens is 3. The number of para-hydroxylation sites is 1. The third kappa shape index (κ3) is 27.2. The van der Waals surface area contributed by atoms with E-state index in [0.29, 0.717) is 136 Å². The summed E-state index contributed by atoms with van der Waals surface area (Å²) in [6.45, 7) is 10.5. The van der Waals surface area contributed by atoms with Gasteiger partial charge in [0.2, 0.25) is 17.7 Å².